The molecule has 0 unspecified atom stereocenters. The quantitative estimate of drug-likeness (QED) is 0.868. The zero-order chi connectivity index (χ0) is 16.5. The highest BCUT2D eigenvalue weighted by Gasteiger charge is 2.42. The number of aliphatic carboxylic acids is 1. The fraction of sp³-hybridized carbons (Fsp3) is 0.571. The number of hydrogen-bond donors (Lipinski definition) is 2. The van der Waals surface area contributed by atoms with Gasteiger partial charge in [-0.2, -0.15) is 0 Å². The lowest BCUT2D eigenvalue weighted by Gasteiger charge is -2.36. The molecular formula is C14H19NO5S2. The molecule has 0 saturated heterocycles. The molecule has 0 radical (unpaired) electrons. The summed E-state index contributed by atoms with van der Waals surface area (Å²) in [6, 6.07) is 1.29. The van der Waals surface area contributed by atoms with Crippen LogP contribution in [0.15, 0.2) is 16.3 Å². The van der Waals surface area contributed by atoms with Crippen LogP contribution in [0.4, 0.5) is 0 Å². The Morgan fingerprint density at radius 3 is 2.41 bits per heavy atom. The van der Waals surface area contributed by atoms with Crippen LogP contribution in [0.5, 0.6) is 0 Å². The van der Waals surface area contributed by atoms with Gasteiger partial charge in [0, 0.05) is 11.6 Å². The molecule has 1 fully saturated rings. The van der Waals surface area contributed by atoms with Crippen molar-refractivity contribution in [3.8, 4) is 0 Å². The fourth-order valence-corrected chi connectivity index (χ4v) is 4.47. The van der Waals surface area contributed by atoms with E-state index in [-0.39, 0.29) is 9.77 Å². The molecule has 1 aromatic heterocycles. The largest absolute Gasteiger partial charge is 0.480 e. The number of hydrogen-bond acceptors (Lipinski definition) is 5. The maximum atomic E-state index is 12.3. The Bertz CT molecular complexity index is 684. The molecule has 1 aliphatic carbocycles. The van der Waals surface area contributed by atoms with E-state index in [2.05, 4.69) is 12.2 Å². The zero-order valence-electron chi connectivity index (χ0n) is 12.5. The summed E-state index contributed by atoms with van der Waals surface area (Å²) in [7, 11) is -3.37. The van der Waals surface area contributed by atoms with Crippen molar-refractivity contribution in [3.05, 3.63) is 16.3 Å². The second kappa shape index (κ2) is 6.00. The molecule has 122 valence electrons. The molecular weight excluding hydrogens is 326 g/mol. The average molecular weight is 345 g/mol. The first kappa shape index (κ1) is 17.0. The molecule has 0 spiro atoms. The van der Waals surface area contributed by atoms with E-state index in [0.29, 0.717) is 18.8 Å². The minimum absolute atomic E-state index is 0.0734. The average Bonchev–Trinajstić information content (AvgIpc) is 2.91. The van der Waals surface area contributed by atoms with Crippen molar-refractivity contribution < 1.29 is 23.1 Å². The number of amides is 1. The van der Waals surface area contributed by atoms with Crippen LogP contribution in [0.25, 0.3) is 0 Å². The summed E-state index contributed by atoms with van der Waals surface area (Å²) in [5.41, 5.74) is -1.25. The number of carbonyl (C=O) groups excluding carboxylic acids is 1. The first-order chi connectivity index (χ1) is 10.1. The van der Waals surface area contributed by atoms with Gasteiger partial charge < -0.3 is 10.4 Å². The van der Waals surface area contributed by atoms with Crippen LogP contribution in [-0.4, -0.2) is 37.2 Å². The highest BCUT2D eigenvalue weighted by atomic mass is 32.2. The van der Waals surface area contributed by atoms with Crippen molar-refractivity contribution in [1.29, 1.82) is 0 Å². The monoisotopic (exact) mass is 345 g/mol. The number of nitrogens with one attached hydrogen (secondary N) is 1. The van der Waals surface area contributed by atoms with E-state index in [4.69, 9.17) is 0 Å². The van der Waals surface area contributed by atoms with Gasteiger partial charge in [0.1, 0.15) is 5.54 Å². The lowest BCUT2D eigenvalue weighted by Crippen LogP contribution is -2.56. The smallest absolute Gasteiger partial charge is 0.329 e. The van der Waals surface area contributed by atoms with Crippen LogP contribution in [0, 0.1) is 5.92 Å². The molecule has 22 heavy (non-hydrogen) atoms. The van der Waals surface area contributed by atoms with Crippen LogP contribution in [-0.2, 0) is 14.6 Å². The second-order valence-electron chi connectivity index (χ2n) is 5.94. The number of carbonyl (C=O) groups is 2. The van der Waals surface area contributed by atoms with Crippen LogP contribution in [0.3, 0.4) is 0 Å². The van der Waals surface area contributed by atoms with Crippen LogP contribution < -0.4 is 5.32 Å². The van der Waals surface area contributed by atoms with Gasteiger partial charge in [-0.05, 0) is 37.7 Å². The minimum Gasteiger partial charge on any atom is -0.480 e. The molecule has 1 heterocycles. The Hall–Kier alpha value is -1.41. The summed E-state index contributed by atoms with van der Waals surface area (Å²) in [5, 5.41) is 13.5. The highest BCUT2D eigenvalue weighted by Crippen LogP contribution is 2.33. The molecule has 2 N–H and O–H groups in total. The Labute approximate surface area is 133 Å². The van der Waals surface area contributed by atoms with Crippen molar-refractivity contribution in [2.75, 3.05) is 6.26 Å². The fourth-order valence-electron chi connectivity index (χ4n) is 2.56. The lowest BCUT2D eigenvalue weighted by molar-refractivity contribution is -0.146. The summed E-state index contributed by atoms with van der Waals surface area (Å²) < 4.78 is 22.9. The lowest BCUT2D eigenvalue weighted by atomic mass is 9.77. The summed E-state index contributed by atoms with van der Waals surface area (Å²) in [6.45, 7) is 2.06. The Morgan fingerprint density at radius 1 is 1.36 bits per heavy atom. The number of sulfone groups is 1. The normalized spacial score (nSPS) is 25.6. The third-order valence-electron chi connectivity index (χ3n) is 4.12. The van der Waals surface area contributed by atoms with Gasteiger partial charge in [-0.15, -0.1) is 11.3 Å². The van der Waals surface area contributed by atoms with Gasteiger partial charge in [-0.25, -0.2) is 13.2 Å². The van der Waals surface area contributed by atoms with Gasteiger partial charge in [0.2, 0.25) is 0 Å². The number of carboxylic acids is 1. The van der Waals surface area contributed by atoms with E-state index in [1.54, 1.807) is 0 Å². The topological polar surface area (TPSA) is 101 Å². The molecule has 1 aromatic rings. The molecule has 1 amide bonds. The molecule has 0 atom stereocenters. The van der Waals surface area contributed by atoms with Gasteiger partial charge in [-0.3, -0.25) is 4.79 Å². The minimum atomic E-state index is -3.37. The molecule has 0 aliphatic heterocycles. The predicted octanol–water partition coefficient (Wildman–Crippen LogP) is 1.91. The summed E-state index contributed by atoms with van der Waals surface area (Å²) in [6.07, 6.45) is 3.33. The Morgan fingerprint density at radius 2 is 1.95 bits per heavy atom. The predicted molar refractivity (Wildman–Crippen MR) is 82.9 cm³/mol. The number of thiophene rings is 1. The first-order valence-corrected chi connectivity index (χ1v) is 9.76. The molecule has 0 bridgehead atoms. The standard InChI is InChI=1S/C14H19NO5S2/c1-9-3-5-14(6-4-9,13(17)18)15-12(16)11-7-10(8-21-11)22(2,19)20/h7-9H,3-6H2,1-2H3,(H,15,16)(H,17,18). The molecule has 0 aromatic carbocycles. The van der Waals surface area contributed by atoms with Crippen LogP contribution in [0.2, 0.25) is 0 Å². The first-order valence-electron chi connectivity index (χ1n) is 6.98. The highest BCUT2D eigenvalue weighted by molar-refractivity contribution is 7.90. The Balaban J connectivity index is 2.19. The van der Waals surface area contributed by atoms with E-state index >= 15 is 0 Å². The molecule has 8 heteroatoms. The van der Waals surface area contributed by atoms with Crippen molar-refractivity contribution >= 4 is 33.1 Å². The van der Waals surface area contributed by atoms with E-state index in [1.807, 2.05) is 0 Å². The third-order valence-corrected chi connectivity index (χ3v) is 6.29. The van der Waals surface area contributed by atoms with E-state index < -0.39 is 27.3 Å². The van der Waals surface area contributed by atoms with Crippen LogP contribution in [0.1, 0.15) is 42.3 Å². The van der Waals surface area contributed by atoms with Gasteiger partial charge in [0.15, 0.2) is 9.84 Å². The third kappa shape index (κ3) is 3.49. The van der Waals surface area contributed by atoms with Crippen molar-refractivity contribution in [2.45, 2.75) is 43.0 Å². The van der Waals surface area contributed by atoms with E-state index in [0.717, 1.165) is 30.4 Å². The van der Waals surface area contributed by atoms with Crippen molar-refractivity contribution in [2.24, 2.45) is 5.92 Å². The molecule has 1 aliphatic rings. The Kier molecular flexibility index (Phi) is 4.62. The van der Waals surface area contributed by atoms with Crippen molar-refractivity contribution in [1.82, 2.24) is 5.32 Å². The van der Waals surface area contributed by atoms with Gasteiger partial charge >= 0.3 is 5.97 Å². The molecule has 2 rings (SSSR count). The maximum absolute atomic E-state index is 12.3. The zero-order valence-corrected chi connectivity index (χ0v) is 14.1. The number of carboxylic acid groups (broad SMARTS) is 1. The van der Waals surface area contributed by atoms with Crippen molar-refractivity contribution in [3.63, 3.8) is 0 Å². The van der Waals surface area contributed by atoms with Gasteiger partial charge in [0.05, 0.1) is 9.77 Å². The summed E-state index contributed by atoms with van der Waals surface area (Å²) in [5.74, 6) is -1.12. The maximum Gasteiger partial charge on any atom is 0.329 e. The van der Waals surface area contributed by atoms with Gasteiger partial charge in [-0.1, -0.05) is 6.92 Å². The SMILES string of the molecule is CC1CCC(NC(=O)c2cc(S(C)(=O)=O)cs2)(C(=O)O)CC1. The van der Waals surface area contributed by atoms with E-state index in [9.17, 15) is 23.1 Å². The summed E-state index contributed by atoms with van der Waals surface area (Å²) in [4.78, 5) is 24.2. The molecule has 1 saturated carbocycles. The van der Waals surface area contributed by atoms with E-state index in [1.165, 1.54) is 11.4 Å². The number of rotatable bonds is 4. The summed E-state index contributed by atoms with van der Waals surface area (Å²) >= 11 is 1.000. The van der Waals surface area contributed by atoms with Gasteiger partial charge in [0.25, 0.3) is 5.91 Å². The second-order valence-corrected chi connectivity index (χ2v) is 8.87. The molecule has 6 nitrogen and oxygen atoms in total. The van der Waals surface area contributed by atoms with Crippen LogP contribution >= 0.6 is 11.3 Å².